The zero-order chi connectivity index (χ0) is 15.3. The summed E-state index contributed by atoms with van der Waals surface area (Å²) in [7, 11) is 1.80. The van der Waals surface area contributed by atoms with Crippen molar-refractivity contribution in [3.05, 3.63) is 27.7 Å². The maximum atomic E-state index is 11.8. The SMILES string of the molecule is CCC(C)n1c(CO)cc(=O)c(O)c1CN(C)CCO. The highest BCUT2D eigenvalue weighted by atomic mass is 16.3. The van der Waals surface area contributed by atoms with E-state index in [0.717, 1.165) is 6.42 Å². The fourth-order valence-electron chi connectivity index (χ4n) is 2.23. The predicted octanol–water partition coefficient (Wildman–Crippen LogP) is 0.441. The van der Waals surface area contributed by atoms with Gasteiger partial charge in [-0.15, -0.1) is 0 Å². The number of rotatable bonds is 7. The van der Waals surface area contributed by atoms with Crippen LogP contribution in [0.1, 0.15) is 37.7 Å². The molecule has 0 fully saturated rings. The van der Waals surface area contributed by atoms with Gasteiger partial charge in [0.1, 0.15) is 0 Å². The summed E-state index contributed by atoms with van der Waals surface area (Å²) < 4.78 is 1.81. The minimum absolute atomic E-state index is 0.00448. The van der Waals surface area contributed by atoms with Crippen molar-refractivity contribution in [1.82, 2.24) is 9.47 Å². The summed E-state index contributed by atoms with van der Waals surface area (Å²) in [5.41, 5.74) is 0.488. The lowest BCUT2D eigenvalue weighted by atomic mass is 10.1. The van der Waals surface area contributed by atoms with E-state index in [2.05, 4.69) is 0 Å². The van der Waals surface area contributed by atoms with Crippen molar-refractivity contribution in [3.63, 3.8) is 0 Å². The van der Waals surface area contributed by atoms with E-state index in [9.17, 15) is 15.0 Å². The summed E-state index contributed by atoms with van der Waals surface area (Å²) in [6, 6.07) is 1.33. The third-order valence-electron chi connectivity index (χ3n) is 3.50. The first-order valence-corrected chi connectivity index (χ1v) is 6.82. The van der Waals surface area contributed by atoms with Gasteiger partial charge in [0.2, 0.25) is 5.43 Å². The van der Waals surface area contributed by atoms with Gasteiger partial charge in [-0.3, -0.25) is 9.69 Å². The average molecular weight is 284 g/mol. The van der Waals surface area contributed by atoms with Gasteiger partial charge in [-0.05, 0) is 20.4 Å². The molecule has 1 aromatic rings. The van der Waals surface area contributed by atoms with E-state index >= 15 is 0 Å². The molecule has 1 heterocycles. The van der Waals surface area contributed by atoms with Crippen molar-refractivity contribution in [2.75, 3.05) is 20.2 Å². The molecule has 0 bridgehead atoms. The molecule has 1 atom stereocenters. The van der Waals surface area contributed by atoms with Crippen LogP contribution in [0.5, 0.6) is 5.75 Å². The van der Waals surface area contributed by atoms with Gasteiger partial charge < -0.3 is 19.9 Å². The molecule has 0 spiro atoms. The summed E-state index contributed by atoms with van der Waals surface area (Å²) in [5.74, 6) is -0.285. The normalized spacial score (nSPS) is 12.9. The molecule has 6 nitrogen and oxygen atoms in total. The Bertz CT molecular complexity index is 499. The van der Waals surface area contributed by atoms with E-state index in [1.165, 1.54) is 6.07 Å². The van der Waals surface area contributed by atoms with Gasteiger partial charge in [0.05, 0.1) is 18.9 Å². The van der Waals surface area contributed by atoms with Crippen LogP contribution in [-0.4, -0.2) is 45.0 Å². The molecule has 0 amide bonds. The Balaban J connectivity index is 3.36. The van der Waals surface area contributed by atoms with Crippen molar-refractivity contribution in [2.45, 2.75) is 39.5 Å². The van der Waals surface area contributed by atoms with Crippen molar-refractivity contribution < 1.29 is 15.3 Å². The lowest BCUT2D eigenvalue weighted by Crippen LogP contribution is -2.28. The van der Waals surface area contributed by atoms with Gasteiger partial charge in [0.15, 0.2) is 5.75 Å². The Hall–Kier alpha value is -1.37. The molecule has 1 aromatic heterocycles. The molecule has 0 aliphatic heterocycles. The summed E-state index contributed by atoms with van der Waals surface area (Å²) in [5, 5.41) is 28.5. The van der Waals surface area contributed by atoms with Crippen molar-refractivity contribution >= 4 is 0 Å². The topological polar surface area (TPSA) is 85.9 Å². The van der Waals surface area contributed by atoms with E-state index in [1.807, 2.05) is 23.3 Å². The van der Waals surface area contributed by atoms with Gasteiger partial charge >= 0.3 is 0 Å². The third-order valence-corrected chi connectivity index (χ3v) is 3.50. The van der Waals surface area contributed by atoms with Crippen LogP contribution < -0.4 is 5.43 Å². The summed E-state index contributed by atoms with van der Waals surface area (Å²) in [6.07, 6.45) is 0.812. The molecule has 20 heavy (non-hydrogen) atoms. The molecule has 6 heteroatoms. The molecule has 0 aliphatic carbocycles. The molecule has 3 N–H and O–H groups in total. The fourth-order valence-corrected chi connectivity index (χ4v) is 2.23. The van der Waals surface area contributed by atoms with Crippen LogP contribution in [-0.2, 0) is 13.2 Å². The second-order valence-electron chi connectivity index (χ2n) is 5.04. The molecular weight excluding hydrogens is 260 g/mol. The first-order chi connectivity index (χ1) is 9.46. The van der Waals surface area contributed by atoms with Crippen LogP contribution in [0.3, 0.4) is 0 Å². The van der Waals surface area contributed by atoms with E-state index < -0.39 is 5.43 Å². The van der Waals surface area contributed by atoms with Crippen molar-refractivity contribution in [2.24, 2.45) is 0 Å². The Morgan fingerprint density at radius 1 is 1.40 bits per heavy atom. The standard InChI is InChI=1S/C14H24N2O4/c1-4-10(2)16-11(9-18)7-13(19)14(20)12(16)8-15(3)5-6-17/h7,10,17-18,20H,4-6,8-9H2,1-3H3. The second-order valence-corrected chi connectivity index (χ2v) is 5.04. The second kappa shape index (κ2) is 7.42. The highest BCUT2D eigenvalue weighted by molar-refractivity contribution is 5.30. The minimum atomic E-state index is -0.485. The van der Waals surface area contributed by atoms with E-state index in [0.29, 0.717) is 24.5 Å². The van der Waals surface area contributed by atoms with Crippen LogP contribution in [0, 0.1) is 0 Å². The van der Waals surface area contributed by atoms with Crippen LogP contribution in [0.4, 0.5) is 0 Å². The lowest BCUT2D eigenvalue weighted by Gasteiger charge is -2.26. The quantitative estimate of drug-likeness (QED) is 0.676. The van der Waals surface area contributed by atoms with Crippen molar-refractivity contribution in [3.8, 4) is 5.75 Å². The number of aromatic nitrogens is 1. The number of aliphatic hydroxyl groups excluding tert-OH is 2. The zero-order valence-electron chi connectivity index (χ0n) is 12.3. The Labute approximate surface area is 118 Å². The summed E-state index contributed by atoms with van der Waals surface area (Å²) in [6.45, 7) is 4.50. The van der Waals surface area contributed by atoms with Crippen molar-refractivity contribution in [1.29, 1.82) is 0 Å². The molecule has 0 aliphatic rings. The number of pyridine rings is 1. The van der Waals surface area contributed by atoms with E-state index in [1.54, 1.807) is 7.05 Å². The van der Waals surface area contributed by atoms with Crippen LogP contribution in [0.25, 0.3) is 0 Å². The monoisotopic (exact) mass is 284 g/mol. The van der Waals surface area contributed by atoms with Gasteiger partial charge in [0, 0.05) is 30.9 Å². The molecule has 1 rings (SSSR count). The molecule has 0 aromatic carbocycles. The molecule has 1 unspecified atom stereocenters. The highest BCUT2D eigenvalue weighted by Crippen LogP contribution is 2.23. The third kappa shape index (κ3) is 3.59. The fraction of sp³-hybridized carbons (Fsp3) is 0.643. The number of aliphatic hydroxyl groups is 2. The van der Waals surface area contributed by atoms with E-state index in [-0.39, 0.29) is 25.0 Å². The van der Waals surface area contributed by atoms with Gasteiger partial charge in [-0.25, -0.2) is 0 Å². The Morgan fingerprint density at radius 3 is 2.55 bits per heavy atom. The number of aromatic hydroxyl groups is 1. The van der Waals surface area contributed by atoms with Crippen LogP contribution in [0.15, 0.2) is 10.9 Å². The Kier molecular flexibility index (Phi) is 6.19. The van der Waals surface area contributed by atoms with Crippen LogP contribution >= 0.6 is 0 Å². The first-order valence-electron chi connectivity index (χ1n) is 6.82. The summed E-state index contributed by atoms with van der Waals surface area (Å²) in [4.78, 5) is 13.6. The average Bonchev–Trinajstić information content (AvgIpc) is 2.43. The highest BCUT2D eigenvalue weighted by Gasteiger charge is 2.19. The molecule has 0 radical (unpaired) electrons. The lowest BCUT2D eigenvalue weighted by molar-refractivity contribution is 0.208. The maximum Gasteiger partial charge on any atom is 0.223 e. The molecular formula is C14H24N2O4. The largest absolute Gasteiger partial charge is 0.503 e. The minimum Gasteiger partial charge on any atom is -0.503 e. The smallest absolute Gasteiger partial charge is 0.223 e. The molecule has 0 saturated carbocycles. The molecule has 114 valence electrons. The summed E-state index contributed by atoms with van der Waals surface area (Å²) >= 11 is 0. The Morgan fingerprint density at radius 2 is 2.05 bits per heavy atom. The predicted molar refractivity (Wildman–Crippen MR) is 76.7 cm³/mol. The van der Waals surface area contributed by atoms with Gasteiger partial charge in [0.25, 0.3) is 0 Å². The number of nitrogens with zero attached hydrogens (tertiary/aromatic N) is 2. The molecule has 0 saturated heterocycles. The van der Waals surface area contributed by atoms with Crippen LogP contribution in [0.2, 0.25) is 0 Å². The van der Waals surface area contributed by atoms with Gasteiger partial charge in [-0.1, -0.05) is 6.92 Å². The number of hydrogen-bond donors (Lipinski definition) is 3. The number of likely N-dealkylation sites (N-methyl/N-ethyl adjacent to an activating group) is 1. The van der Waals surface area contributed by atoms with E-state index in [4.69, 9.17) is 5.11 Å². The first kappa shape index (κ1) is 16.7. The van der Waals surface area contributed by atoms with Gasteiger partial charge in [-0.2, -0.15) is 0 Å². The maximum absolute atomic E-state index is 11.8. The zero-order valence-corrected chi connectivity index (χ0v) is 12.3. The number of hydrogen-bond acceptors (Lipinski definition) is 5.